The summed E-state index contributed by atoms with van der Waals surface area (Å²) in [5, 5.41) is 3.91. The zero-order valence-electron chi connectivity index (χ0n) is 19.3. The number of nitrogens with one attached hydrogen (secondary N) is 1. The molecule has 2 aromatic heterocycles. The quantitative estimate of drug-likeness (QED) is 0.447. The summed E-state index contributed by atoms with van der Waals surface area (Å²) >= 11 is 0. The Morgan fingerprint density at radius 1 is 1.09 bits per heavy atom. The van der Waals surface area contributed by atoms with Crippen molar-refractivity contribution >= 4 is 22.5 Å². The lowest BCUT2D eigenvalue weighted by atomic mass is 10.1. The molecule has 2 heterocycles. The topological polar surface area (TPSA) is 86.9 Å². The van der Waals surface area contributed by atoms with Gasteiger partial charge in [-0.3, -0.25) is 14.3 Å². The Balaban J connectivity index is 1.61. The van der Waals surface area contributed by atoms with Crippen LogP contribution in [0.15, 0.2) is 53.3 Å². The maximum absolute atomic E-state index is 13.3. The molecular formula is C25H28N4O4. The maximum atomic E-state index is 13.3. The normalized spacial score (nSPS) is 12.1. The zero-order valence-corrected chi connectivity index (χ0v) is 19.3. The van der Waals surface area contributed by atoms with Crippen LogP contribution in [0.2, 0.25) is 0 Å². The molecule has 8 nitrogen and oxygen atoms in total. The number of nitrogens with zero attached hydrogens (tertiary/aromatic N) is 3. The number of hydrogen-bond donors (Lipinski definition) is 1. The van der Waals surface area contributed by atoms with E-state index in [4.69, 9.17) is 9.47 Å². The van der Waals surface area contributed by atoms with Crippen molar-refractivity contribution in [1.29, 1.82) is 0 Å². The van der Waals surface area contributed by atoms with Crippen LogP contribution in [0.25, 0.3) is 16.6 Å². The number of benzene rings is 2. The minimum atomic E-state index is -0.458. The van der Waals surface area contributed by atoms with Crippen LogP contribution in [0.4, 0.5) is 0 Å². The first kappa shape index (κ1) is 22.4. The first-order valence-corrected chi connectivity index (χ1v) is 11.0. The van der Waals surface area contributed by atoms with Gasteiger partial charge < -0.3 is 14.8 Å². The Morgan fingerprint density at radius 3 is 2.58 bits per heavy atom. The Bertz CT molecular complexity index is 1370. The molecule has 0 aliphatic heterocycles. The fourth-order valence-corrected chi connectivity index (χ4v) is 4.27. The fourth-order valence-electron chi connectivity index (χ4n) is 4.27. The van der Waals surface area contributed by atoms with Crippen molar-refractivity contribution in [3.63, 3.8) is 0 Å². The third kappa shape index (κ3) is 4.16. The van der Waals surface area contributed by atoms with Crippen molar-refractivity contribution in [1.82, 2.24) is 19.5 Å². The summed E-state index contributed by atoms with van der Waals surface area (Å²) in [6.07, 6.45) is 1.24. The lowest BCUT2D eigenvalue weighted by Gasteiger charge is -2.20. The van der Waals surface area contributed by atoms with E-state index >= 15 is 0 Å². The predicted octanol–water partition coefficient (Wildman–Crippen LogP) is 3.28. The van der Waals surface area contributed by atoms with Gasteiger partial charge in [0.25, 0.3) is 5.56 Å². The second-order valence-electron chi connectivity index (χ2n) is 7.89. The lowest BCUT2D eigenvalue weighted by Crippen LogP contribution is -2.35. The molecule has 0 radical (unpaired) electrons. The van der Waals surface area contributed by atoms with Crippen molar-refractivity contribution in [3.05, 3.63) is 70.1 Å². The molecule has 0 saturated heterocycles. The van der Waals surface area contributed by atoms with E-state index in [-0.39, 0.29) is 11.5 Å². The zero-order chi connectivity index (χ0) is 23.5. The van der Waals surface area contributed by atoms with Gasteiger partial charge in [0.1, 0.15) is 6.04 Å². The van der Waals surface area contributed by atoms with E-state index in [1.54, 1.807) is 14.2 Å². The maximum Gasteiger partial charge on any atom is 0.273 e. The third-order valence-electron chi connectivity index (χ3n) is 5.84. The summed E-state index contributed by atoms with van der Waals surface area (Å²) < 4.78 is 14.5. The van der Waals surface area contributed by atoms with Crippen molar-refractivity contribution in [3.8, 4) is 11.5 Å². The number of methoxy groups -OCH3 is 2. The molecule has 172 valence electrons. The van der Waals surface area contributed by atoms with Crippen LogP contribution < -0.4 is 20.3 Å². The van der Waals surface area contributed by atoms with Gasteiger partial charge in [0.2, 0.25) is 5.91 Å². The van der Waals surface area contributed by atoms with Crippen LogP contribution in [0.1, 0.15) is 30.6 Å². The van der Waals surface area contributed by atoms with E-state index in [1.807, 2.05) is 65.5 Å². The van der Waals surface area contributed by atoms with Crippen molar-refractivity contribution in [2.75, 3.05) is 20.8 Å². The van der Waals surface area contributed by atoms with Crippen LogP contribution in [-0.2, 0) is 11.2 Å². The molecule has 0 aliphatic rings. The van der Waals surface area contributed by atoms with Gasteiger partial charge in [-0.05, 0) is 49.6 Å². The fraction of sp³-hybridized carbons (Fsp3) is 0.320. The van der Waals surface area contributed by atoms with Crippen LogP contribution >= 0.6 is 0 Å². The minimum absolute atomic E-state index is 0.0845. The second kappa shape index (κ2) is 9.36. The highest BCUT2D eigenvalue weighted by molar-refractivity contribution is 5.94. The Labute approximate surface area is 191 Å². The van der Waals surface area contributed by atoms with E-state index < -0.39 is 6.04 Å². The molecule has 0 bridgehead atoms. The van der Waals surface area contributed by atoms with Crippen molar-refractivity contribution in [2.45, 2.75) is 32.7 Å². The number of aromatic nitrogens is 3. The molecule has 0 fully saturated rings. The molecular weight excluding hydrogens is 420 g/mol. The molecule has 4 rings (SSSR count). The minimum Gasteiger partial charge on any atom is -0.493 e. The summed E-state index contributed by atoms with van der Waals surface area (Å²) in [7, 11) is 3.20. The number of para-hydroxylation sites is 1. The number of rotatable bonds is 8. The highest BCUT2D eigenvalue weighted by Gasteiger charge is 2.24. The third-order valence-corrected chi connectivity index (χ3v) is 5.84. The highest BCUT2D eigenvalue weighted by atomic mass is 16.5. The average Bonchev–Trinajstić information content (AvgIpc) is 3.14. The number of fused-ring (bicyclic) bond motifs is 3. The second-order valence-corrected chi connectivity index (χ2v) is 7.89. The molecule has 0 spiro atoms. The molecule has 0 unspecified atom stereocenters. The van der Waals surface area contributed by atoms with Gasteiger partial charge in [0, 0.05) is 23.7 Å². The smallest absolute Gasteiger partial charge is 0.273 e. The molecule has 4 aromatic rings. The van der Waals surface area contributed by atoms with Crippen LogP contribution in [0, 0.1) is 6.92 Å². The van der Waals surface area contributed by atoms with Gasteiger partial charge >= 0.3 is 0 Å². The van der Waals surface area contributed by atoms with Crippen LogP contribution in [0.5, 0.6) is 11.5 Å². The standard InChI is InChI=1S/C25H28N4O4/c1-5-19(25(31)26-13-12-17-10-11-21(32-3)22(15-17)33-4)29-20-9-7-6-8-18(20)24-27-23(30)14-16(2)28(24)29/h6-11,14-15,19H,5,12-13H2,1-4H3,(H,26,31)/t19-/m1/s1. The number of ether oxygens (including phenoxy) is 2. The summed E-state index contributed by atoms with van der Waals surface area (Å²) in [6.45, 7) is 4.31. The molecule has 2 aromatic carbocycles. The van der Waals surface area contributed by atoms with Gasteiger partial charge in [-0.25, -0.2) is 4.52 Å². The number of hydrogen-bond acceptors (Lipinski definition) is 5. The summed E-state index contributed by atoms with van der Waals surface area (Å²) in [6, 6.07) is 14.5. The van der Waals surface area contributed by atoms with Gasteiger partial charge in [0.05, 0.1) is 19.7 Å². The molecule has 8 heteroatoms. The largest absolute Gasteiger partial charge is 0.493 e. The molecule has 0 saturated carbocycles. The van der Waals surface area contributed by atoms with E-state index in [2.05, 4.69) is 10.3 Å². The first-order chi connectivity index (χ1) is 16.0. The summed E-state index contributed by atoms with van der Waals surface area (Å²) in [5.74, 6) is 1.25. The van der Waals surface area contributed by atoms with Crippen LogP contribution in [-0.4, -0.2) is 40.9 Å². The monoisotopic (exact) mass is 448 g/mol. The van der Waals surface area contributed by atoms with E-state index in [0.717, 1.165) is 22.2 Å². The van der Waals surface area contributed by atoms with Crippen molar-refractivity contribution in [2.24, 2.45) is 0 Å². The van der Waals surface area contributed by atoms with E-state index in [0.29, 0.717) is 36.5 Å². The SMILES string of the molecule is CC[C@H](C(=O)NCCc1ccc(OC)c(OC)c1)n1c2ccccc2c2nc(=O)cc(C)n21. The van der Waals surface area contributed by atoms with Crippen LogP contribution in [0.3, 0.4) is 0 Å². The molecule has 1 atom stereocenters. The summed E-state index contributed by atoms with van der Waals surface area (Å²) in [5.41, 5.74) is 2.91. The lowest BCUT2D eigenvalue weighted by molar-refractivity contribution is -0.124. The Morgan fingerprint density at radius 2 is 1.85 bits per heavy atom. The Hall–Kier alpha value is -3.81. The number of aryl methyl sites for hydroxylation is 1. The first-order valence-electron chi connectivity index (χ1n) is 11.0. The number of amides is 1. The molecule has 33 heavy (non-hydrogen) atoms. The number of carbonyl (C=O) groups is 1. The van der Waals surface area contributed by atoms with Gasteiger partial charge in [-0.15, -0.1) is 0 Å². The average molecular weight is 449 g/mol. The van der Waals surface area contributed by atoms with E-state index in [1.165, 1.54) is 6.07 Å². The molecule has 1 amide bonds. The van der Waals surface area contributed by atoms with Crippen molar-refractivity contribution < 1.29 is 14.3 Å². The Kier molecular flexibility index (Phi) is 6.35. The number of carbonyl (C=O) groups excluding carboxylic acids is 1. The van der Waals surface area contributed by atoms with Gasteiger partial charge in [0.15, 0.2) is 17.1 Å². The summed E-state index contributed by atoms with van der Waals surface area (Å²) in [4.78, 5) is 29.6. The predicted molar refractivity (Wildman–Crippen MR) is 127 cm³/mol. The van der Waals surface area contributed by atoms with E-state index in [9.17, 15) is 9.59 Å². The molecule has 1 N–H and O–H groups in total. The van der Waals surface area contributed by atoms with Gasteiger partial charge in [-0.1, -0.05) is 25.1 Å². The highest BCUT2D eigenvalue weighted by Crippen LogP contribution is 2.28. The molecule has 0 aliphatic carbocycles. The van der Waals surface area contributed by atoms with Gasteiger partial charge in [-0.2, -0.15) is 4.98 Å².